The lowest BCUT2D eigenvalue weighted by Crippen LogP contribution is -2.51. The Morgan fingerprint density at radius 2 is 2.06 bits per heavy atom. The summed E-state index contributed by atoms with van der Waals surface area (Å²) < 4.78 is 13.4. The topological polar surface area (TPSA) is 12.0 Å². The van der Waals surface area contributed by atoms with E-state index in [1.165, 1.54) is 24.8 Å². The number of rotatable bonds is 0. The van der Waals surface area contributed by atoms with Gasteiger partial charge in [0, 0.05) is 11.2 Å². The van der Waals surface area contributed by atoms with E-state index in [1.54, 1.807) is 12.1 Å². The summed E-state index contributed by atoms with van der Waals surface area (Å²) in [4.78, 5) is 0. The van der Waals surface area contributed by atoms with E-state index in [-0.39, 0.29) is 16.8 Å². The molecule has 1 heterocycles. The lowest BCUT2D eigenvalue weighted by Gasteiger charge is -2.49. The van der Waals surface area contributed by atoms with Crippen molar-refractivity contribution in [1.29, 1.82) is 0 Å². The molecule has 0 bridgehead atoms. The highest BCUT2D eigenvalue weighted by Crippen LogP contribution is 2.55. The number of nitrogens with one attached hydrogen (secondary N) is 1. The molecule has 1 aromatic carbocycles. The molecule has 0 amide bonds. The highest BCUT2D eigenvalue weighted by molar-refractivity contribution is 5.60. The molecule has 2 heteroatoms. The molecule has 1 nitrogen and oxygen atoms in total. The van der Waals surface area contributed by atoms with E-state index in [9.17, 15) is 4.39 Å². The van der Waals surface area contributed by atoms with Crippen LogP contribution in [0.5, 0.6) is 0 Å². The van der Waals surface area contributed by atoms with E-state index in [0.717, 1.165) is 5.69 Å². The summed E-state index contributed by atoms with van der Waals surface area (Å²) in [5.41, 5.74) is 2.58. The molecule has 2 atom stereocenters. The van der Waals surface area contributed by atoms with Crippen molar-refractivity contribution in [3.05, 3.63) is 29.6 Å². The Labute approximate surface area is 102 Å². The smallest absolute Gasteiger partial charge is 0.125 e. The fraction of sp³-hybridized carbons (Fsp3) is 0.600. The van der Waals surface area contributed by atoms with Crippen LogP contribution in [0.4, 0.5) is 10.1 Å². The Bertz CT molecular complexity index is 466. The Hall–Kier alpha value is -1.05. The lowest BCUT2D eigenvalue weighted by molar-refractivity contribution is 0.230. The highest BCUT2D eigenvalue weighted by Gasteiger charge is 2.51. The summed E-state index contributed by atoms with van der Waals surface area (Å²) in [5, 5.41) is 3.53. The summed E-state index contributed by atoms with van der Waals surface area (Å²) in [6, 6.07) is 5.22. The van der Waals surface area contributed by atoms with Crippen LogP contribution in [-0.4, -0.2) is 5.54 Å². The molecule has 1 aliphatic heterocycles. The van der Waals surface area contributed by atoms with Crippen molar-refractivity contribution in [2.75, 3.05) is 5.32 Å². The van der Waals surface area contributed by atoms with Crippen LogP contribution >= 0.6 is 0 Å². The molecule has 0 radical (unpaired) electrons. The molecule has 1 fully saturated rings. The predicted octanol–water partition coefficient (Wildman–Crippen LogP) is 4.09. The Balaban J connectivity index is 2.20. The van der Waals surface area contributed by atoms with E-state index in [1.807, 2.05) is 6.07 Å². The summed E-state index contributed by atoms with van der Waals surface area (Å²) in [6.45, 7) is 6.84. The fourth-order valence-corrected chi connectivity index (χ4v) is 4.20. The van der Waals surface area contributed by atoms with Crippen molar-refractivity contribution in [1.82, 2.24) is 0 Å². The van der Waals surface area contributed by atoms with Gasteiger partial charge in [0.1, 0.15) is 5.82 Å². The van der Waals surface area contributed by atoms with Crippen molar-refractivity contribution < 1.29 is 4.39 Å². The van der Waals surface area contributed by atoms with E-state index in [2.05, 4.69) is 26.1 Å². The fourth-order valence-electron chi connectivity index (χ4n) is 4.20. The van der Waals surface area contributed by atoms with Gasteiger partial charge in [-0.2, -0.15) is 0 Å². The first kappa shape index (κ1) is 11.1. The molecule has 1 aliphatic carbocycles. The first-order valence-electron chi connectivity index (χ1n) is 6.52. The van der Waals surface area contributed by atoms with Gasteiger partial charge >= 0.3 is 0 Å². The van der Waals surface area contributed by atoms with Gasteiger partial charge in [-0.1, -0.05) is 19.4 Å². The summed E-state index contributed by atoms with van der Waals surface area (Å²) in [7, 11) is 0. The van der Waals surface area contributed by atoms with Crippen molar-refractivity contribution in [2.45, 2.75) is 51.0 Å². The van der Waals surface area contributed by atoms with Crippen molar-refractivity contribution in [2.24, 2.45) is 5.92 Å². The maximum absolute atomic E-state index is 13.4. The van der Waals surface area contributed by atoms with Gasteiger partial charge in [0.05, 0.1) is 0 Å². The average molecular weight is 233 g/mol. The van der Waals surface area contributed by atoms with Crippen LogP contribution in [0.25, 0.3) is 0 Å². The molecule has 0 saturated heterocycles. The quantitative estimate of drug-likeness (QED) is 0.711. The minimum Gasteiger partial charge on any atom is -0.380 e. The van der Waals surface area contributed by atoms with Gasteiger partial charge in [0.15, 0.2) is 0 Å². The zero-order valence-electron chi connectivity index (χ0n) is 10.8. The van der Waals surface area contributed by atoms with E-state index >= 15 is 0 Å². The predicted molar refractivity (Wildman–Crippen MR) is 68.8 cm³/mol. The van der Waals surface area contributed by atoms with Crippen LogP contribution in [-0.2, 0) is 5.41 Å². The van der Waals surface area contributed by atoms with Crippen LogP contribution in [0.3, 0.4) is 0 Å². The van der Waals surface area contributed by atoms with E-state index in [4.69, 9.17) is 0 Å². The number of benzene rings is 1. The lowest BCUT2D eigenvalue weighted by atomic mass is 9.63. The normalized spacial score (nSPS) is 33.8. The first-order chi connectivity index (χ1) is 7.93. The second kappa shape index (κ2) is 3.24. The zero-order chi connectivity index (χ0) is 12.3. The molecule has 0 aromatic heterocycles. The molecular weight excluding hydrogens is 213 g/mol. The Kier molecular flexibility index (Phi) is 2.11. The standard InChI is InChI=1S/C15H20FN/c1-14(2)13-5-4-8-15(13,3)11-7-6-10(16)9-12(11)17-14/h6-7,9,13,17H,4-5,8H2,1-3H3. The van der Waals surface area contributed by atoms with Gasteiger partial charge < -0.3 is 5.32 Å². The molecule has 1 saturated carbocycles. The molecule has 92 valence electrons. The van der Waals surface area contributed by atoms with Crippen LogP contribution in [0.1, 0.15) is 45.6 Å². The third kappa shape index (κ3) is 1.42. The molecule has 2 aliphatic rings. The summed E-state index contributed by atoms with van der Waals surface area (Å²) in [5.74, 6) is 0.500. The summed E-state index contributed by atoms with van der Waals surface area (Å²) >= 11 is 0. The molecular formula is C15H20FN. The number of fused-ring (bicyclic) bond motifs is 3. The molecule has 1 aromatic rings. The van der Waals surface area contributed by atoms with Crippen LogP contribution in [0.15, 0.2) is 18.2 Å². The zero-order valence-corrected chi connectivity index (χ0v) is 10.8. The van der Waals surface area contributed by atoms with Gasteiger partial charge in [0.25, 0.3) is 0 Å². The van der Waals surface area contributed by atoms with Crippen molar-refractivity contribution in [3.8, 4) is 0 Å². The highest BCUT2D eigenvalue weighted by atomic mass is 19.1. The minimum absolute atomic E-state index is 0.0616. The number of hydrogen-bond donors (Lipinski definition) is 1. The second-order valence-corrected chi connectivity index (χ2v) is 6.40. The summed E-state index contributed by atoms with van der Waals surface area (Å²) in [6.07, 6.45) is 3.78. The van der Waals surface area contributed by atoms with Crippen LogP contribution < -0.4 is 5.32 Å². The second-order valence-electron chi connectivity index (χ2n) is 6.40. The van der Waals surface area contributed by atoms with E-state index < -0.39 is 0 Å². The third-order valence-electron chi connectivity index (χ3n) is 4.88. The van der Waals surface area contributed by atoms with Gasteiger partial charge in [0.2, 0.25) is 0 Å². The number of anilines is 1. The maximum Gasteiger partial charge on any atom is 0.125 e. The molecule has 0 spiro atoms. The largest absolute Gasteiger partial charge is 0.380 e. The number of halogens is 1. The molecule has 1 N–H and O–H groups in total. The first-order valence-corrected chi connectivity index (χ1v) is 6.52. The van der Waals surface area contributed by atoms with Gasteiger partial charge in [-0.25, -0.2) is 4.39 Å². The molecule has 2 unspecified atom stereocenters. The molecule has 17 heavy (non-hydrogen) atoms. The third-order valence-corrected chi connectivity index (χ3v) is 4.88. The van der Waals surface area contributed by atoms with E-state index in [0.29, 0.717) is 5.92 Å². The molecule has 3 rings (SSSR count). The van der Waals surface area contributed by atoms with Gasteiger partial charge in [-0.15, -0.1) is 0 Å². The number of hydrogen-bond acceptors (Lipinski definition) is 1. The minimum atomic E-state index is -0.146. The Morgan fingerprint density at radius 3 is 2.82 bits per heavy atom. The van der Waals surface area contributed by atoms with Crippen molar-refractivity contribution >= 4 is 5.69 Å². The van der Waals surface area contributed by atoms with Gasteiger partial charge in [-0.3, -0.25) is 0 Å². The van der Waals surface area contributed by atoms with Crippen LogP contribution in [0, 0.1) is 11.7 Å². The monoisotopic (exact) mass is 233 g/mol. The SMILES string of the molecule is CC1(C)Nc2cc(F)ccc2C2(C)CCCC12. The van der Waals surface area contributed by atoms with Gasteiger partial charge in [-0.05, 0) is 55.7 Å². The average Bonchev–Trinajstić information content (AvgIpc) is 2.60. The Morgan fingerprint density at radius 1 is 1.29 bits per heavy atom. The van der Waals surface area contributed by atoms with Crippen molar-refractivity contribution in [3.63, 3.8) is 0 Å². The maximum atomic E-state index is 13.4. The van der Waals surface area contributed by atoms with Crippen LogP contribution in [0.2, 0.25) is 0 Å².